The molecule has 1 aromatic carbocycles. The van der Waals surface area contributed by atoms with Crippen molar-refractivity contribution in [2.75, 3.05) is 25.5 Å². The highest BCUT2D eigenvalue weighted by molar-refractivity contribution is 5.99. The number of nitrogens with one attached hydrogen (secondary N) is 1. The Morgan fingerprint density at radius 2 is 2.12 bits per heavy atom. The molecule has 1 atom stereocenters. The third kappa shape index (κ3) is 2.79. The van der Waals surface area contributed by atoms with Gasteiger partial charge in [-0.1, -0.05) is 18.2 Å². The number of anilines is 1. The minimum absolute atomic E-state index is 0.0302. The second-order valence-corrected chi connectivity index (χ2v) is 6.90. The van der Waals surface area contributed by atoms with Gasteiger partial charge >= 0.3 is 0 Å². The molecular weight excluding hydrogens is 330 g/mol. The van der Waals surface area contributed by atoms with Gasteiger partial charge in [-0.3, -0.25) is 9.59 Å². The molecule has 2 amide bonds. The zero-order valence-electron chi connectivity index (χ0n) is 14.9. The first kappa shape index (κ1) is 16.5. The highest BCUT2D eigenvalue weighted by atomic mass is 16.2. The summed E-state index contributed by atoms with van der Waals surface area (Å²) in [6.07, 6.45) is 2.56. The monoisotopic (exact) mass is 351 g/mol. The van der Waals surface area contributed by atoms with Crippen LogP contribution in [0.25, 0.3) is 0 Å². The molecule has 2 aliphatic rings. The molecule has 1 N–H and O–H groups in total. The lowest BCUT2D eigenvalue weighted by Gasteiger charge is -2.30. The fourth-order valence-electron chi connectivity index (χ4n) is 3.72. The second-order valence-electron chi connectivity index (χ2n) is 6.90. The Labute approximate surface area is 152 Å². The average molecular weight is 351 g/mol. The smallest absolute Gasteiger partial charge is 0.252 e. The van der Waals surface area contributed by atoms with E-state index in [2.05, 4.69) is 15.3 Å². The zero-order chi connectivity index (χ0) is 18.3. The Hall–Kier alpha value is -2.96. The third-order valence-corrected chi connectivity index (χ3v) is 5.03. The van der Waals surface area contributed by atoms with Gasteiger partial charge in [-0.05, 0) is 18.1 Å². The number of fused-ring (bicyclic) bond motifs is 2. The highest BCUT2D eigenvalue weighted by Crippen LogP contribution is 2.29. The van der Waals surface area contributed by atoms with Crippen molar-refractivity contribution in [1.29, 1.82) is 0 Å². The third-order valence-electron chi connectivity index (χ3n) is 5.03. The fraction of sp³-hybridized carbons (Fsp3) is 0.368. The van der Waals surface area contributed by atoms with Crippen molar-refractivity contribution in [2.45, 2.75) is 25.4 Å². The van der Waals surface area contributed by atoms with E-state index < -0.39 is 0 Å². The standard InChI is InChI=1S/C19H21N5O2/c1-23(2)18-14-7-8-24(10-16(14)20-11-21-18)17(25)9-15-12-5-3-4-6-13(12)19(26)22-15/h3-6,11,15H,7-10H2,1-2H3,(H,22,26)/t15-/m1/s1. The molecule has 2 aliphatic heterocycles. The SMILES string of the molecule is CN(C)c1ncnc2c1CCN(C(=O)C[C@H]1NC(=O)c3ccccc31)C2. The average Bonchev–Trinajstić information content (AvgIpc) is 2.96. The topological polar surface area (TPSA) is 78.4 Å². The van der Waals surface area contributed by atoms with Crippen molar-refractivity contribution in [3.05, 3.63) is 53.0 Å². The number of hydrogen-bond acceptors (Lipinski definition) is 5. The van der Waals surface area contributed by atoms with E-state index in [0.717, 1.165) is 29.1 Å². The quantitative estimate of drug-likeness (QED) is 0.902. The number of benzene rings is 1. The number of amides is 2. The van der Waals surface area contributed by atoms with E-state index in [0.29, 0.717) is 18.7 Å². The molecule has 0 spiro atoms. The number of aromatic nitrogens is 2. The predicted octanol–water partition coefficient (Wildman–Crippen LogP) is 1.30. The van der Waals surface area contributed by atoms with Crippen molar-refractivity contribution < 1.29 is 9.59 Å². The molecule has 0 bridgehead atoms. The van der Waals surface area contributed by atoms with E-state index in [1.165, 1.54) is 0 Å². The largest absolute Gasteiger partial charge is 0.362 e. The summed E-state index contributed by atoms with van der Waals surface area (Å²) >= 11 is 0. The Bertz CT molecular complexity index is 880. The van der Waals surface area contributed by atoms with Crippen LogP contribution in [0.5, 0.6) is 0 Å². The van der Waals surface area contributed by atoms with Crippen LogP contribution in [0, 0.1) is 0 Å². The zero-order valence-corrected chi connectivity index (χ0v) is 14.9. The molecule has 7 nitrogen and oxygen atoms in total. The van der Waals surface area contributed by atoms with Gasteiger partial charge in [0.25, 0.3) is 5.91 Å². The molecule has 0 fully saturated rings. The van der Waals surface area contributed by atoms with Crippen molar-refractivity contribution in [3.63, 3.8) is 0 Å². The lowest BCUT2D eigenvalue weighted by molar-refractivity contribution is -0.132. The minimum atomic E-state index is -0.254. The number of hydrogen-bond donors (Lipinski definition) is 1. The summed E-state index contributed by atoms with van der Waals surface area (Å²) in [5, 5.41) is 2.91. The molecule has 4 rings (SSSR count). The van der Waals surface area contributed by atoms with E-state index >= 15 is 0 Å². The first-order chi connectivity index (χ1) is 12.5. The van der Waals surface area contributed by atoms with Crippen LogP contribution in [0.3, 0.4) is 0 Å². The van der Waals surface area contributed by atoms with Crippen LogP contribution in [0.4, 0.5) is 5.82 Å². The van der Waals surface area contributed by atoms with Crippen molar-refractivity contribution in [3.8, 4) is 0 Å². The molecule has 134 valence electrons. The summed E-state index contributed by atoms with van der Waals surface area (Å²) < 4.78 is 0. The summed E-state index contributed by atoms with van der Waals surface area (Å²) in [7, 11) is 3.92. The lowest BCUT2D eigenvalue weighted by atomic mass is 10.0. The van der Waals surface area contributed by atoms with E-state index in [4.69, 9.17) is 0 Å². The van der Waals surface area contributed by atoms with Crippen LogP contribution in [0.1, 0.15) is 39.6 Å². The molecule has 0 unspecified atom stereocenters. The number of nitrogens with zero attached hydrogens (tertiary/aromatic N) is 4. The Balaban J connectivity index is 1.49. The number of carbonyl (C=O) groups is 2. The highest BCUT2D eigenvalue weighted by Gasteiger charge is 2.32. The Kier molecular flexibility index (Phi) is 4.06. The first-order valence-corrected chi connectivity index (χ1v) is 8.72. The minimum Gasteiger partial charge on any atom is -0.362 e. The van der Waals surface area contributed by atoms with Gasteiger partial charge in [0.15, 0.2) is 0 Å². The molecule has 2 aromatic rings. The molecular formula is C19H21N5O2. The Morgan fingerprint density at radius 1 is 1.31 bits per heavy atom. The van der Waals surface area contributed by atoms with Gasteiger partial charge in [0, 0.05) is 31.8 Å². The van der Waals surface area contributed by atoms with Crippen LogP contribution in [-0.2, 0) is 17.8 Å². The lowest BCUT2D eigenvalue weighted by Crippen LogP contribution is -2.38. The van der Waals surface area contributed by atoms with E-state index in [-0.39, 0.29) is 24.3 Å². The predicted molar refractivity (Wildman–Crippen MR) is 96.7 cm³/mol. The molecule has 3 heterocycles. The molecule has 0 aliphatic carbocycles. The number of rotatable bonds is 3. The second kappa shape index (κ2) is 6.40. The van der Waals surface area contributed by atoms with Crippen molar-refractivity contribution in [1.82, 2.24) is 20.2 Å². The normalized spacial score (nSPS) is 18.2. The van der Waals surface area contributed by atoms with Crippen molar-refractivity contribution in [2.24, 2.45) is 0 Å². The maximum atomic E-state index is 12.8. The molecule has 0 saturated carbocycles. The van der Waals surface area contributed by atoms with Gasteiger partial charge in [0.1, 0.15) is 12.1 Å². The summed E-state index contributed by atoms with van der Waals surface area (Å²) in [6.45, 7) is 1.13. The first-order valence-electron chi connectivity index (χ1n) is 8.72. The van der Waals surface area contributed by atoms with Gasteiger partial charge < -0.3 is 15.1 Å². The molecule has 7 heteroatoms. The summed E-state index contributed by atoms with van der Waals surface area (Å²) in [4.78, 5) is 37.4. The van der Waals surface area contributed by atoms with Crippen molar-refractivity contribution >= 4 is 17.6 Å². The maximum absolute atomic E-state index is 12.8. The molecule has 26 heavy (non-hydrogen) atoms. The number of carbonyl (C=O) groups excluding carboxylic acids is 2. The van der Waals surface area contributed by atoms with Crippen LogP contribution >= 0.6 is 0 Å². The van der Waals surface area contributed by atoms with E-state index in [1.54, 1.807) is 12.4 Å². The van der Waals surface area contributed by atoms with Crippen LogP contribution in [0.2, 0.25) is 0 Å². The molecule has 1 aromatic heterocycles. The molecule has 0 saturated heterocycles. The van der Waals surface area contributed by atoms with E-state index in [1.807, 2.05) is 42.1 Å². The van der Waals surface area contributed by atoms with Gasteiger partial charge in [0.2, 0.25) is 5.91 Å². The van der Waals surface area contributed by atoms with Crippen LogP contribution in [-0.4, -0.2) is 47.3 Å². The van der Waals surface area contributed by atoms with Gasteiger partial charge in [-0.15, -0.1) is 0 Å². The summed E-state index contributed by atoms with van der Waals surface area (Å²) in [5.74, 6) is 0.840. The summed E-state index contributed by atoms with van der Waals surface area (Å²) in [5.41, 5.74) is 3.58. The van der Waals surface area contributed by atoms with Gasteiger partial charge in [-0.25, -0.2) is 9.97 Å². The van der Waals surface area contributed by atoms with E-state index in [9.17, 15) is 9.59 Å². The summed E-state index contributed by atoms with van der Waals surface area (Å²) in [6, 6.07) is 7.19. The Morgan fingerprint density at radius 3 is 2.92 bits per heavy atom. The molecule has 0 radical (unpaired) electrons. The van der Waals surface area contributed by atoms with Gasteiger partial charge in [0.05, 0.1) is 24.7 Å². The van der Waals surface area contributed by atoms with Crippen LogP contribution < -0.4 is 10.2 Å². The fourth-order valence-corrected chi connectivity index (χ4v) is 3.72. The van der Waals surface area contributed by atoms with Gasteiger partial charge in [-0.2, -0.15) is 0 Å². The van der Waals surface area contributed by atoms with Crippen LogP contribution in [0.15, 0.2) is 30.6 Å². The maximum Gasteiger partial charge on any atom is 0.252 e.